The number of rotatable bonds is 6. The lowest BCUT2D eigenvalue weighted by Gasteiger charge is -2.25. The molecule has 0 aliphatic heterocycles. The highest BCUT2D eigenvalue weighted by Gasteiger charge is 2.22. The fraction of sp³-hybridized carbons (Fsp3) is 0.562. The predicted octanol–water partition coefficient (Wildman–Crippen LogP) is 2.81. The lowest BCUT2D eigenvalue weighted by atomic mass is 9.89. The van der Waals surface area contributed by atoms with Crippen LogP contribution in [0.5, 0.6) is 0 Å². The van der Waals surface area contributed by atoms with Gasteiger partial charge >= 0.3 is 0 Å². The monoisotopic (exact) mass is 299 g/mol. The second-order valence-corrected chi connectivity index (χ2v) is 6.28. The van der Waals surface area contributed by atoms with Gasteiger partial charge in [0.15, 0.2) is 0 Å². The molecule has 0 aliphatic rings. The van der Waals surface area contributed by atoms with Crippen LogP contribution in [-0.2, 0) is 11.2 Å². The third-order valence-electron chi connectivity index (χ3n) is 3.35. The average molecular weight is 299 g/mol. The molecule has 1 amide bonds. The van der Waals surface area contributed by atoms with Gasteiger partial charge in [-0.05, 0) is 42.0 Å². The summed E-state index contributed by atoms with van der Waals surface area (Å²) in [6.07, 6.45) is 0.325. The van der Waals surface area contributed by atoms with Gasteiger partial charge in [-0.25, -0.2) is 8.78 Å². The molecule has 1 unspecified atom stereocenters. The van der Waals surface area contributed by atoms with Crippen molar-refractivity contribution in [1.82, 2.24) is 5.32 Å². The third-order valence-corrected chi connectivity index (χ3v) is 3.35. The molecule has 0 aromatic heterocycles. The average Bonchev–Trinajstić information content (AvgIpc) is 2.38. The van der Waals surface area contributed by atoms with E-state index in [-0.39, 0.29) is 29.9 Å². The second-order valence-electron chi connectivity index (χ2n) is 6.28. The summed E-state index contributed by atoms with van der Waals surface area (Å²) in [6.45, 7) is 5.85. The van der Waals surface area contributed by atoms with Gasteiger partial charge in [0.25, 0.3) is 0 Å². The zero-order valence-corrected chi connectivity index (χ0v) is 12.7. The fourth-order valence-electron chi connectivity index (χ4n) is 1.78. The number of aliphatic hydroxyl groups excluding tert-OH is 1. The summed E-state index contributed by atoms with van der Waals surface area (Å²) in [5.41, 5.74) is -0.0182. The van der Waals surface area contributed by atoms with Gasteiger partial charge in [0.2, 0.25) is 5.91 Å². The number of hydrogen-bond acceptors (Lipinski definition) is 2. The summed E-state index contributed by atoms with van der Waals surface area (Å²) < 4.78 is 26.4. The van der Waals surface area contributed by atoms with Gasteiger partial charge in [0, 0.05) is 13.0 Å². The molecule has 0 bridgehead atoms. The number of carbonyl (C=O) groups is 1. The number of benzene rings is 1. The molecule has 0 saturated heterocycles. The molecule has 1 aromatic rings. The number of nitrogens with one attached hydrogen (secondary N) is 1. The molecule has 118 valence electrons. The Morgan fingerprint density at radius 1 is 1.33 bits per heavy atom. The summed E-state index contributed by atoms with van der Waals surface area (Å²) in [6, 6.07) is 3.31. The van der Waals surface area contributed by atoms with E-state index in [4.69, 9.17) is 0 Å². The molecular weight excluding hydrogens is 276 g/mol. The Kier molecular flexibility index (Phi) is 6.27. The second kappa shape index (κ2) is 7.50. The quantitative estimate of drug-likeness (QED) is 0.848. The summed E-state index contributed by atoms with van der Waals surface area (Å²) >= 11 is 0. The summed E-state index contributed by atoms with van der Waals surface area (Å²) in [4.78, 5) is 11.6. The summed E-state index contributed by atoms with van der Waals surface area (Å²) in [5, 5.41) is 12.4. The number of carbonyl (C=O) groups excluding carboxylic acids is 1. The van der Waals surface area contributed by atoms with Crippen molar-refractivity contribution in [3.63, 3.8) is 0 Å². The Bertz CT molecular complexity index is 484. The van der Waals surface area contributed by atoms with E-state index in [0.29, 0.717) is 12.8 Å². The molecule has 0 radical (unpaired) electrons. The minimum atomic E-state index is -0.623. The molecule has 2 N–H and O–H groups in total. The van der Waals surface area contributed by atoms with Crippen LogP contribution in [0.1, 0.15) is 39.2 Å². The van der Waals surface area contributed by atoms with Gasteiger partial charge in [-0.2, -0.15) is 0 Å². The molecular formula is C16H23F2NO2. The van der Waals surface area contributed by atoms with Crippen molar-refractivity contribution < 1.29 is 18.7 Å². The first-order valence-electron chi connectivity index (χ1n) is 7.09. The molecule has 1 atom stereocenters. The number of hydrogen-bond donors (Lipinski definition) is 2. The van der Waals surface area contributed by atoms with E-state index in [2.05, 4.69) is 5.32 Å². The van der Waals surface area contributed by atoms with Crippen LogP contribution < -0.4 is 5.32 Å². The number of halogens is 2. The molecule has 0 spiro atoms. The Labute approximate surface area is 124 Å². The molecule has 0 aliphatic carbocycles. The largest absolute Gasteiger partial charge is 0.391 e. The summed E-state index contributed by atoms with van der Waals surface area (Å²) in [7, 11) is 0. The third kappa shape index (κ3) is 6.21. The normalized spacial score (nSPS) is 13.0. The first kappa shape index (κ1) is 17.6. The van der Waals surface area contributed by atoms with Gasteiger partial charge in [-0.1, -0.05) is 20.8 Å². The Balaban J connectivity index is 2.32. The molecule has 0 fully saturated rings. The van der Waals surface area contributed by atoms with E-state index < -0.39 is 17.7 Å². The number of aryl methyl sites for hydroxylation is 1. The first-order valence-corrected chi connectivity index (χ1v) is 7.09. The van der Waals surface area contributed by atoms with E-state index >= 15 is 0 Å². The maximum atomic E-state index is 13.4. The van der Waals surface area contributed by atoms with Crippen molar-refractivity contribution >= 4 is 5.91 Å². The summed E-state index contributed by atoms with van der Waals surface area (Å²) in [5.74, 6) is -1.14. The molecule has 1 rings (SSSR count). The zero-order chi connectivity index (χ0) is 16.0. The van der Waals surface area contributed by atoms with Crippen LogP contribution in [0.2, 0.25) is 0 Å². The van der Waals surface area contributed by atoms with Gasteiger partial charge in [-0.3, -0.25) is 4.79 Å². The topological polar surface area (TPSA) is 49.3 Å². The van der Waals surface area contributed by atoms with Gasteiger partial charge < -0.3 is 10.4 Å². The van der Waals surface area contributed by atoms with Crippen LogP contribution in [0.3, 0.4) is 0 Å². The lowest BCUT2D eigenvalue weighted by molar-refractivity contribution is -0.122. The molecule has 0 heterocycles. The van der Waals surface area contributed by atoms with E-state index in [9.17, 15) is 18.7 Å². The van der Waals surface area contributed by atoms with E-state index in [1.54, 1.807) is 0 Å². The van der Waals surface area contributed by atoms with Gasteiger partial charge in [0.05, 0.1) is 6.10 Å². The Hall–Kier alpha value is -1.49. The number of aliphatic hydroxyl groups is 1. The Morgan fingerprint density at radius 3 is 2.62 bits per heavy atom. The van der Waals surface area contributed by atoms with E-state index in [0.717, 1.165) is 18.2 Å². The van der Waals surface area contributed by atoms with Crippen LogP contribution in [0, 0.1) is 17.0 Å². The van der Waals surface area contributed by atoms with Crippen LogP contribution in [0.25, 0.3) is 0 Å². The predicted molar refractivity (Wildman–Crippen MR) is 77.8 cm³/mol. The van der Waals surface area contributed by atoms with Gasteiger partial charge in [-0.15, -0.1) is 0 Å². The highest BCUT2D eigenvalue weighted by molar-refractivity contribution is 5.75. The molecule has 1 aromatic carbocycles. The lowest BCUT2D eigenvalue weighted by Crippen LogP contribution is -2.39. The van der Waals surface area contributed by atoms with Crippen LogP contribution in [-0.4, -0.2) is 23.7 Å². The van der Waals surface area contributed by atoms with Crippen molar-refractivity contribution in [2.75, 3.05) is 6.54 Å². The van der Waals surface area contributed by atoms with Crippen molar-refractivity contribution in [1.29, 1.82) is 0 Å². The van der Waals surface area contributed by atoms with Gasteiger partial charge in [0.1, 0.15) is 11.6 Å². The molecule has 5 heteroatoms. The smallest absolute Gasteiger partial charge is 0.220 e. The van der Waals surface area contributed by atoms with Crippen molar-refractivity contribution in [3.05, 3.63) is 35.4 Å². The maximum absolute atomic E-state index is 13.4. The SMILES string of the molecule is CC(C)(C)C(O)CNC(=O)CCCc1cc(F)ccc1F. The van der Waals surface area contributed by atoms with E-state index in [1.807, 2.05) is 20.8 Å². The fourth-order valence-corrected chi connectivity index (χ4v) is 1.78. The molecule has 21 heavy (non-hydrogen) atoms. The Morgan fingerprint density at radius 2 is 2.00 bits per heavy atom. The maximum Gasteiger partial charge on any atom is 0.220 e. The van der Waals surface area contributed by atoms with Crippen molar-refractivity contribution in [3.8, 4) is 0 Å². The van der Waals surface area contributed by atoms with Crippen LogP contribution in [0.4, 0.5) is 8.78 Å². The van der Waals surface area contributed by atoms with Crippen molar-refractivity contribution in [2.45, 2.75) is 46.1 Å². The minimum Gasteiger partial charge on any atom is -0.391 e. The van der Waals surface area contributed by atoms with Crippen LogP contribution >= 0.6 is 0 Å². The van der Waals surface area contributed by atoms with E-state index in [1.165, 1.54) is 0 Å². The first-order chi connectivity index (χ1) is 9.70. The minimum absolute atomic E-state index is 0.191. The van der Waals surface area contributed by atoms with Crippen molar-refractivity contribution in [2.24, 2.45) is 5.41 Å². The molecule has 0 saturated carbocycles. The highest BCUT2D eigenvalue weighted by Crippen LogP contribution is 2.18. The number of amides is 1. The molecule has 3 nitrogen and oxygen atoms in total. The highest BCUT2D eigenvalue weighted by atomic mass is 19.1. The standard InChI is InChI=1S/C16H23F2NO2/c1-16(2,3)14(20)10-19-15(21)6-4-5-11-9-12(17)7-8-13(11)18/h7-9,14,20H,4-6,10H2,1-3H3,(H,19,21). The zero-order valence-electron chi connectivity index (χ0n) is 12.7. The van der Waals surface area contributed by atoms with Crippen LogP contribution in [0.15, 0.2) is 18.2 Å².